The third kappa shape index (κ3) is 3.80. The zero-order valence-corrected chi connectivity index (χ0v) is 11.2. The lowest BCUT2D eigenvalue weighted by atomic mass is 10.1. The highest BCUT2D eigenvalue weighted by molar-refractivity contribution is 5.29. The number of aryl methyl sites for hydroxylation is 1. The average Bonchev–Trinajstić information content (AvgIpc) is 2.41. The molecule has 0 aromatic heterocycles. The lowest BCUT2D eigenvalue weighted by molar-refractivity contribution is 0.305. The fourth-order valence-corrected chi connectivity index (χ4v) is 1.91. The van der Waals surface area contributed by atoms with Gasteiger partial charge in [-0.2, -0.15) is 0 Å². The van der Waals surface area contributed by atoms with Crippen molar-refractivity contribution >= 4 is 0 Å². The Morgan fingerprint density at radius 1 is 1.11 bits per heavy atom. The SMILES string of the molecule is CNCc1cccc(COc2ccc(F)c(C)c2)c1. The molecule has 0 radical (unpaired) electrons. The molecule has 0 saturated carbocycles. The summed E-state index contributed by atoms with van der Waals surface area (Å²) >= 11 is 0. The van der Waals surface area contributed by atoms with Gasteiger partial charge >= 0.3 is 0 Å². The van der Waals surface area contributed by atoms with Crippen molar-refractivity contribution in [3.63, 3.8) is 0 Å². The highest BCUT2D eigenvalue weighted by Crippen LogP contribution is 2.17. The van der Waals surface area contributed by atoms with Crippen molar-refractivity contribution in [2.75, 3.05) is 7.05 Å². The summed E-state index contributed by atoms with van der Waals surface area (Å²) in [6.07, 6.45) is 0. The number of rotatable bonds is 5. The third-order valence-electron chi connectivity index (χ3n) is 2.91. The molecule has 0 spiro atoms. The third-order valence-corrected chi connectivity index (χ3v) is 2.91. The Morgan fingerprint density at radius 3 is 2.63 bits per heavy atom. The molecule has 0 aliphatic heterocycles. The molecule has 0 saturated heterocycles. The van der Waals surface area contributed by atoms with E-state index in [1.807, 2.05) is 19.2 Å². The van der Waals surface area contributed by atoms with Gasteiger partial charge in [0.15, 0.2) is 0 Å². The van der Waals surface area contributed by atoms with Crippen molar-refractivity contribution < 1.29 is 9.13 Å². The van der Waals surface area contributed by atoms with Gasteiger partial charge < -0.3 is 10.1 Å². The molecule has 0 amide bonds. The summed E-state index contributed by atoms with van der Waals surface area (Å²) in [5.41, 5.74) is 2.93. The summed E-state index contributed by atoms with van der Waals surface area (Å²) in [7, 11) is 1.92. The lowest BCUT2D eigenvalue weighted by Gasteiger charge is -2.09. The van der Waals surface area contributed by atoms with Crippen LogP contribution in [0.5, 0.6) is 5.75 Å². The van der Waals surface area contributed by atoms with Gasteiger partial charge in [-0.1, -0.05) is 24.3 Å². The van der Waals surface area contributed by atoms with Crippen LogP contribution in [0.3, 0.4) is 0 Å². The number of benzene rings is 2. The maximum atomic E-state index is 13.1. The van der Waals surface area contributed by atoms with Crippen molar-refractivity contribution in [2.24, 2.45) is 0 Å². The minimum Gasteiger partial charge on any atom is -0.489 e. The summed E-state index contributed by atoms with van der Waals surface area (Å²) in [6.45, 7) is 3.06. The smallest absolute Gasteiger partial charge is 0.126 e. The molecule has 0 aliphatic rings. The second kappa shape index (κ2) is 6.34. The maximum Gasteiger partial charge on any atom is 0.126 e. The summed E-state index contributed by atoms with van der Waals surface area (Å²) in [5.74, 6) is 0.487. The van der Waals surface area contributed by atoms with E-state index in [-0.39, 0.29) is 5.82 Å². The Balaban J connectivity index is 2.01. The predicted octanol–water partition coefficient (Wildman–Crippen LogP) is 3.43. The van der Waals surface area contributed by atoms with Gasteiger partial charge in [0, 0.05) is 6.54 Å². The molecule has 100 valence electrons. The first kappa shape index (κ1) is 13.6. The van der Waals surface area contributed by atoms with Gasteiger partial charge in [-0.05, 0) is 48.9 Å². The summed E-state index contributed by atoms with van der Waals surface area (Å²) in [6, 6.07) is 13.0. The Bertz CT molecular complexity index is 554. The minimum atomic E-state index is -0.205. The number of hydrogen-bond acceptors (Lipinski definition) is 2. The van der Waals surface area contributed by atoms with E-state index in [2.05, 4.69) is 17.4 Å². The van der Waals surface area contributed by atoms with Gasteiger partial charge in [0.1, 0.15) is 18.2 Å². The van der Waals surface area contributed by atoms with Gasteiger partial charge in [0.05, 0.1) is 0 Å². The standard InChI is InChI=1S/C16H18FNO/c1-12-8-15(6-7-16(12)17)19-11-14-5-3-4-13(9-14)10-18-2/h3-9,18H,10-11H2,1-2H3. The number of nitrogens with one attached hydrogen (secondary N) is 1. The molecule has 3 heteroatoms. The van der Waals surface area contributed by atoms with Crippen LogP contribution in [0.2, 0.25) is 0 Å². The Hall–Kier alpha value is -1.87. The van der Waals surface area contributed by atoms with Gasteiger partial charge in [-0.3, -0.25) is 0 Å². The van der Waals surface area contributed by atoms with E-state index in [1.54, 1.807) is 19.1 Å². The summed E-state index contributed by atoms with van der Waals surface area (Å²) < 4.78 is 18.8. The van der Waals surface area contributed by atoms with Crippen LogP contribution < -0.4 is 10.1 Å². The van der Waals surface area contributed by atoms with E-state index in [0.29, 0.717) is 17.9 Å². The number of ether oxygens (including phenoxy) is 1. The van der Waals surface area contributed by atoms with E-state index >= 15 is 0 Å². The maximum absolute atomic E-state index is 13.1. The van der Waals surface area contributed by atoms with Crippen LogP contribution in [0.4, 0.5) is 4.39 Å². The van der Waals surface area contributed by atoms with Crippen LogP contribution >= 0.6 is 0 Å². The van der Waals surface area contributed by atoms with Gasteiger partial charge in [-0.15, -0.1) is 0 Å². The first-order chi connectivity index (χ1) is 9.19. The zero-order valence-electron chi connectivity index (χ0n) is 11.2. The second-order valence-corrected chi connectivity index (χ2v) is 4.55. The molecule has 2 rings (SSSR count). The Morgan fingerprint density at radius 2 is 1.89 bits per heavy atom. The molecule has 0 aliphatic carbocycles. The summed E-state index contributed by atoms with van der Waals surface area (Å²) in [5, 5.41) is 3.12. The normalized spacial score (nSPS) is 10.5. The molecule has 0 heterocycles. The monoisotopic (exact) mass is 259 g/mol. The quantitative estimate of drug-likeness (QED) is 0.888. The average molecular weight is 259 g/mol. The lowest BCUT2D eigenvalue weighted by Crippen LogP contribution is -2.05. The van der Waals surface area contributed by atoms with E-state index < -0.39 is 0 Å². The van der Waals surface area contributed by atoms with Crippen LogP contribution in [0, 0.1) is 12.7 Å². The van der Waals surface area contributed by atoms with Crippen molar-refractivity contribution in [2.45, 2.75) is 20.1 Å². The van der Waals surface area contributed by atoms with Crippen molar-refractivity contribution in [3.05, 3.63) is 65.0 Å². The van der Waals surface area contributed by atoms with E-state index in [1.165, 1.54) is 11.6 Å². The second-order valence-electron chi connectivity index (χ2n) is 4.55. The highest BCUT2D eigenvalue weighted by Gasteiger charge is 2.01. The molecular formula is C16H18FNO. The van der Waals surface area contributed by atoms with Crippen LogP contribution in [0.25, 0.3) is 0 Å². The topological polar surface area (TPSA) is 21.3 Å². The largest absolute Gasteiger partial charge is 0.489 e. The number of hydrogen-bond donors (Lipinski definition) is 1. The number of halogens is 1. The fraction of sp³-hybridized carbons (Fsp3) is 0.250. The van der Waals surface area contributed by atoms with E-state index in [4.69, 9.17) is 4.74 Å². The zero-order chi connectivity index (χ0) is 13.7. The fourth-order valence-electron chi connectivity index (χ4n) is 1.91. The van der Waals surface area contributed by atoms with Crippen LogP contribution in [-0.4, -0.2) is 7.05 Å². The molecule has 0 atom stereocenters. The molecule has 19 heavy (non-hydrogen) atoms. The first-order valence-corrected chi connectivity index (χ1v) is 6.30. The summed E-state index contributed by atoms with van der Waals surface area (Å²) in [4.78, 5) is 0. The van der Waals surface area contributed by atoms with Crippen molar-refractivity contribution in [3.8, 4) is 5.75 Å². The molecule has 2 aromatic carbocycles. The van der Waals surface area contributed by atoms with Gasteiger partial charge in [-0.25, -0.2) is 4.39 Å². The van der Waals surface area contributed by atoms with Crippen LogP contribution in [0.15, 0.2) is 42.5 Å². The minimum absolute atomic E-state index is 0.205. The molecule has 2 nitrogen and oxygen atoms in total. The van der Waals surface area contributed by atoms with Crippen molar-refractivity contribution in [1.29, 1.82) is 0 Å². The Labute approximate surface area is 113 Å². The first-order valence-electron chi connectivity index (χ1n) is 6.30. The highest BCUT2D eigenvalue weighted by atomic mass is 19.1. The molecule has 0 bridgehead atoms. The molecule has 1 N–H and O–H groups in total. The van der Waals surface area contributed by atoms with Gasteiger partial charge in [0.25, 0.3) is 0 Å². The molecular weight excluding hydrogens is 241 g/mol. The Kier molecular flexibility index (Phi) is 4.53. The van der Waals surface area contributed by atoms with Crippen LogP contribution in [-0.2, 0) is 13.2 Å². The van der Waals surface area contributed by atoms with E-state index in [0.717, 1.165) is 12.1 Å². The molecule has 0 unspecified atom stereocenters. The molecule has 0 fully saturated rings. The molecule has 2 aromatic rings. The van der Waals surface area contributed by atoms with Crippen LogP contribution in [0.1, 0.15) is 16.7 Å². The van der Waals surface area contributed by atoms with E-state index in [9.17, 15) is 4.39 Å². The predicted molar refractivity (Wildman–Crippen MR) is 74.7 cm³/mol. The van der Waals surface area contributed by atoms with Crippen molar-refractivity contribution in [1.82, 2.24) is 5.32 Å². The van der Waals surface area contributed by atoms with Gasteiger partial charge in [0.2, 0.25) is 0 Å².